The predicted octanol–water partition coefficient (Wildman–Crippen LogP) is 2.55. The van der Waals surface area contributed by atoms with Gasteiger partial charge in [-0.15, -0.1) is 0 Å². The molecule has 0 radical (unpaired) electrons. The number of rotatable bonds is 5. The van der Waals surface area contributed by atoms with Crippen LogP contribution in [-0.2, 0) is 11.3 Å². The Bertz CT molecular complexity index is 656. The summed E-state index contributed by atoms with van der Waals surface area (Å²) >= 11 is 0. The van der Waals surface area contributed by atoms with E-state index in [9.17, 15) is 9.59 Å². The summed E-state index contributed by atoms with van der Waals surface area (Å²) in [5.41, 5.74) is 2.13. The van der Waals surface area contributed by atoms with Gasteiger partial charge in [0.05, 0.1) is 5.69 Å². The number of nitrogens with zero attached hydrogens (tertiary/aromatic N) is 1. The highest BCUT2D eigenvalue weighted by atomic mass is 16.2. The van der Waals surface area contributed by atoms with Crippen LogP contribution in [0.1, 0.15) is 35.5 Å². The second kappa shape index (κ2) is 6.39. The smallest absolute Gasteiger partial charge is 0.240 e. The van der Waals surface area contributed by atoms with Gasteiger partial charge in [-0.2, -0.15) is 0 Å². The normalized spacial score (nSPS) is 10.7. The molecule has 110 valence electrons. The Hall–Kier alpha value is -2.36. The van der Waals surface area contributed by atoms with Gasteiger partial charge in [0.15, 0.2) is 0 Å². The van der Waals surface area contributed by atoms with E-state index in [1.807, 2.05) is 45.0 Å². The summed E-state index contributed by atoms with van der Waals surface area (Å²) in [6.07, 6.45) is 1.76. The highest BCUT2D eigenvalue weighted by molar-refractivity contribution is 6.09. The van der Waals surface area contributed by atoms with E-state index in [1.54, 1.807) is 22.9 Å². The van der Waals surface area contributed by atoms with Gasteiger partial charge in [-0.1, -0.05) is 24.3 Å². The summed E-state index contributed by atoms with van der Waals surface area (Å²) in [5.74, 6) is -0.157. The molecule has 4 heteroatoms. The highest BCUT2D eigenvalue weighted by Gasteiger charge is 2.16. The highest BCUT2D eigenvalue weighted by Crippen LogP contribution is 2.14. The van der Waals surface area contributed by atoms with Gasteiger partial charge >= 0.3 is 0 Å². The quantitative estimate of drug-likeness (QED) is 0.858. The molecule has 0 unspecified atom stereocenters. The first kappa shape index (κ1) is 15.0. The molecule has 0 aliphatic carbocycles. The largest absolute Gasteiger partial charge is 0.352 e. The Balaban J connectivity index is 2.22. The molecule has 0 saturated heterocycles. The lowest BCUT2D eigenvalue weighted by Gasteiger charge is -2.12. The fraction of sp³-hybridized carbons (Fsp3) is 0.294. The zero-order valence-corrected chi connectivity index (χ0v) is 12.6. The van der Waals surface area contributed by atoms with Crippen LogP contribution in [0, 0.1) is 6.92 Å². The van der Waals surface area contributed by atoms with Gasteiger partial charge in [0.1, 0.15) is 6.54 Å². The van der Waals surface area contributed by atoms with E-state index in [0.717, 1.165) is 5.56 Å². The van der Waals surface area contributed by atoms with Crippen LogP contribution < -0.4 is 5.32 Å². The summed E-state index contributed by atoms with van der Waals surface area (Å²) in [6.45, 7) is 5.88. The van der Waals surface area contributed by atoms with Crippen molar-refractivity contribution in [2.75, 3.05) is 0 Å². The molecular formula is C17H20N2O2. The minimum Gasteiger partial charge on any atom is -0.352 e. The first-order valence-electron chi connectivity index (χ1n) is 7.04. The Labute approximate surface area is 124 Å². The number of hydrogen-bond acceptors (Lipinski definition) is 2. The Morgan fingerprint density at radius 3 is 2.52 bits per heavy atom. The van der Waals surface area contributed by atoms with Crippen molar-refractivity contribution in [1.29, 1.82) is 0 Å². The topological polar surface area (TPSA) is 51.1 Å². The third-order valence-electron chi connectivity index (χ3n) is 3.22. The van der Waals surface area contributed by atoms with E-state index in [-0.39, 0.29) is 24.3 Å². The molecule has 0 aliphatic heterocycles. The summed E-state index contributed by atoms with van der Waals surface area (Å²) in [6, 6.07) is 11.1. The fourth-order valence-corrected chi connectivity index (χ4v) is 2.25. The van der Waals surface area contributed by atoms with Crippen LogP contribution in [0.15, 0.2) is 42.6 Å². The second-order valence-electron chi connectivity index (χ2n) is 5.39. The average Bonchev–Trinajstić information content (AvgIpc) is 2.85. The standard InChI is InChI=1S/C17H20N2O2/c1-12(2)18-16(20)11-19-10-6-9-15(19)17(21)14-8-5-4-7-13(14)3/h4-10,12H,11H2,1-3H3,(H,18,20). The monoisotopic (exact) mass is 284 g/mol. The minimum atomic E-state index is -0.0972. The van der Waals surface area contributed by atoms with Crippen molar-refractivity contribution < 1.29 is 9.59 Å². The fourth-order valence-electron chi connectivity index (χ4n) is 2.25. The molecule has 0 fully saturated rings. The third kappa shape index (κ3) is 3.60. The molecule has 4 nitrogen and oxygen atoms in total. The average molecular weight is 284 g/mol. The number of aromatic nitrogens is 1. The van der Waals surface area contributed by atoms with E-state index in [4.69, 9.17) is 0 Å². The molecule has 1 N–H and O–H groups in total. The van der Waals surface area contributed by atoms with E-state index in [1.165, 1.54) is 0 Å². The molecule has 0 spiro atoms. The maximum Gasteiger partial charge on any atom is 0.240 e. The summed E-state index contributed by atoms with van der Waals surface area (Å²) < 4.78 is 1.69. The van der Waals surface area contributed by atoms with Crippen LogP contribution in [0.2, 0.25) is 0 Å². The van der Waals surface area contributed by atoms with Gasteiger partial charge in [-0.3, -0.25) is 9.59 Å². The first-order valence-corrected chi connectivity index (χ1v) is 7.04. The van der Waals surface area contributed by atoms with Gasteiger partial charge in [-0.25, -0.2) is 0 Å². The van der Waals surface area contributed by atoms with Crippen LogP contribution in [0.25, 0.3) is 0 Å². The number of ketones is 1. The number of amides is 1. The molecule has 0 atom stereocenters. The SMILES string of the molecule is Cc1ccccc1C(=O)c1cccn1CC(=O)NC(C)C. The van der Waals surface area contributed by atoms with Crippen molar-refractivity contribution in [3.8, 4) is 0 Å². The number of carbonyl (C=O) groups is 2. The molecule has 1 aromatic heterocycles. The molecule has 0 saturated carbocycles. The molecule has 1 heterocycles. The minimum absolute atomic E-state index is 0.0598. The van der Waals surface area contributed by atoms with E-state index < -0.39 is 0 Å². The third-order valence-corrected chi connectivity index (χ3v) is 3.22. The number of benzene rings is 1. The van der Waals surface area contributed by atoms with Crippen LogP contribution >= 0.6 is 0 Å². The van der Waals surface area contributed by atoms with Crippen molar-refractivity contribution in [2.24, 2.45) is 0 Å². The number of aryl methyl sites for hydroxylation is 1. The maximum atomic E-state index is 12.6. The van der Waals surface area contributed by atoms with Crippen LogP contribution in [-0.4, -0.2) is 22.3 Å². The number of nitrogens with one attached hydrogen (secondary N) is 1. The van der Waals surface area contributed by atoms with Crippen molar-refractivity contribution >= 4 is 11.7 Å². The molecule has 2 rings (SSSR count). The van der Waals surface area contributed by atoms with E-state index in [0.29, 0.717) is 11.3 Å². The Morgan fingerprint density at radius 2 is 1.86 bits per heavy atom. The predicted molar refractivity (Wildman–Crippen MR) is 82.3 cm³/mol. The first-order chi connectivity index (χ1) is 9.99. The number of carbonyl (C=O) groups excluding carboxylic acids is 2. The summed E-state index contributed by atoms with van der Waals surface area (Å²) in [5, 5.41) is 2.83. The Morgan fingerprint density at radius 1 is 1.14 bits per heavy atom. The van der Waals surface area contributed by atoms with Crippen molar-refractivity contribution in [3.63, 3.8) is 0 Å². The van der Waals surface area contributed by atoms with Crippen LogP contribution in [0.5, 0.6) is 0 Å². The van der Waals surface area contributed by atoms with Crippen LogP contribution in [0.3, 0.4) is 0 Å². The zero-order valence-electron chi connectivity index (χ0n) is 12.6. The molecule has 21 heavy (non-hydrogen) atoms. The Kier molecular flexibility index (Phi) is 4.58. The van der Waals surface area contributed by atoms with Crippen molar-refractivity contribution in [1.82, 2.24) is 9.88 Å². The van der Waals surface area contributed by atoms with Gasteiger partial charge in [0.25, 0.3) is 0 Å². The van der Waals surface area contributed by atoms with Crippen molar-refractivity contribution in [3.05, 3.63) is 59.4 Å². The lowest BCUT2D eigenvalue weighted by Crippen LogP contribution is -2.33. The number of hydrogen-bond donors (Lipinski definition) is 1. The van der Waals surface area contributed by atoms with Gasteiger partial charge in [-0.05, 0) is 38.5 Å². The lowest BCUT2D eigenvalue weighted by molar-refractivity contribution is -0.122. The molecule has 1 aromatic carbocycles. The second-order valence-corrected chi connectivity index (χ2v) is 5.39. The molecule has 2 aromatic rings. The van der Waals surface area contributed by atoms with Gasteiger partial charge < -0.3 is 9.88 Å². The maximum absolute atomic E-state index is 12.6. The summed E-state index contributed by atoms with van der Waals surface area (Å²) in [4.78, 5) is 24.5. The molecular weight excluding hydrogens is 264 g/mol. The molecule has 0 bridgehead atoms. The van der Waals surface area contributed by atoms with Gasteiger partial charge in [0, 0.05) is 17.8 Å². The van der Waals surface area contributed by atoms with Crippen LogP contribution in [0.4, 0.5) is 0 Å². The van der Waals surface area contributed by atoms with E-state index in [2.05, 4.69) is 5.32 Å². The molecule has 0 aliphatic rings. The van der Waals surface area contributed by atoms with E-state index >= 15 is 0 Å². The lowest BCUT2D eigenvalue weighted by atomic mass is 10.0. The summed E-state index contributed by atoms with van der Waals surface area (Å²) in [7, 11) is 0. The molecule has 1 amide bonds. The van der Waals surface area contributed by atoms with Gasteiger partial charge in [0.2, 0.25) is 11.7 Å². The zero-order chi connectivity index (χ0) is 15.4. The van der Waals surface area contributed by atoms with Crippen molar-refractivity contribution in [2.45, 2.75) is 33.4 Å².